The van der Waals surface area contributed by atoms with Gasteiger partial charge in [0.2, 0.25) is 11.7 Å². The number of hydrogen-bond acceptors (Lipinski definition) is 7. The molecule has 4 heterocycles. The molecule has 2 aliphatic heterocycles. The Kier molecular flexibility index (Phi) is 6.77. The number of nitrogens with zero attached hydrogens (tertiary/aromatic N) is 5. The summed E-state index contributed by atoms with van der Waals surface area (Å²) in [7, 11) is 0. The summed E-state index contributed by atoms with van der Waals surface area (Å²) in [6.07, 6.45) is -1.31. The third kappa shape index (κ3) is 4.91. The molecule has 1 aliphatic carbocycles. The lowest BCUT2D eigenvalue weighted by molar-refractivity contribution is -0.277. The largest absolute Gasteiger partial charge is 0.574 e. The highest BCUT2D eigenvalue weighted by Gasteiger charge is 2.42. The maximum Gasteiger partial charge on any atom is 0.574 e. The summed E-state index contributed by atoms with van der Waals surface area (Å²) in [6, 6.07) is 2.37. The summed E-state index contributed by atoms with van der Waals surface area (Å²) in [5.74, 6) is -5.53. The molecule has 15 heteroatoms. The van der Waals surface area contributed by atoms with Crippen molar-refractivity contribution in [3.63, 3.8) is 0 Å². The Bertz CT molecular complexity index is 1670. The van der Waals surface area contributed by atoms with Crippen LogP contribution in [0.5, 0.6) is 11.6 Å². The number of ether oxygens (including phenoxy) is 1. The average molecular weight is 605 g/mol. The number of carbonyl (C=O) groups excluding carboxylic acids is 2. The summed E-state index contributed by atoms with van der Waals surface area (Å²) in [6.45, 7) is 3.70. The van der Waals surface area contributed by atoms with Crippen LogP contribution < -0.4 is 10.5 Å². The first-order valence-corrected chi connectivity index (χ1v) is 13.4. The van der Waals surface area contributed by atoms with Gasteiger partial charge in [0.05, 0.1) is 28.7 Å². The Morgan fingerprint density at radius 3 is 2.56 bits per heavy atom. The van der Waals surface area contributed by atoms with Crippen LogP contribution in [-0.2, 0) is 17.6 Å². The van der Waals surface area contributed by atoms with Crippen molar-refractivity contribution in [2.45, 2.75) is 44.0 Å². The van der Waals surface area contributed by atoms with E-state index in [1.165, 1.54) is 14.5 Å². The fourth-order valence-corrected chi connectivity index (χ4v) is 5.81. The van der Waals surface area contributed by atoms with Gasteiger partial charge in [-0.25, -0.2) is 14.1 Å². The standard InChI is InChI=1S/C28H25F5N6O4/c1-2-20(40)37-9-7-16-21-17(39(36-16)18-6-5-14(13-3-4-13)22(29)25(18)41)8-10-38(19(21)12-37)27(42)15-11-35-26(23(30)24(15)34)43-28(31,32)33/h2,5-6,11,13,19,41H,1,3-4,7-10,12H2,(H2,34,35)/t19-/m0/s1. The Morgan fingerprint density at radius 1 is 1.14 bits per heavy atom. The van der Waals surface area contributed by atoms with Gasteiger partial charge in [-0.2, -0.15) is 9.49 Å². The van der Waals surface area contributed by atoms with Crippen molar-refractivity contribution in [3.05, 3.63) is 70.7 Å². The molecule has 43 heavy (non-hydrogen) atoms. The Hall–Kier alpha value is -4.69. The molecule has 1 atom stereocenters. The van der Waals surface area contributed by atoms with Crippen molar-refractivity contribution < 1.29 is 41.4 Å². The molecule has 0 saturated heterocycles. The minimum Gasteiger partial charge on any atom is -0.503 e. The van der Waals surface area contributed by atoms with Crippen molar-refractivity contribution in [1.29, 1.82) is 0 Å². The van der Waals surface area contributed by atoms with Crippen LogP contribution in [0.4, 0.5) is 27.6 Å². The topological polar surface area (TPSA) is 127 Å². The molecule has 226 valence electrons. The van der Waals surface area contributed by atoms with E-state index in [2.05, 4.69) is 21.4 Å². The average Bonchev–Trinajstić information content (AvgIpc) is 3.76. The van der Waals surface area contributed by atoms with Crippen molar-refractivity contribution >= 4 is 17.5 Å². The summed E-state index contributed by atoms with van der Waals surface area (Å²) in [4.78, 5) is 32.5. The van der Waals surface area contributed by atoms with Crippen molar-refractivity contribution in [3.8, 4) is 17.3 Å². The highest BCUT2D eigenvalue weighted by atomic mass is 19.4. The number of nitrogens with two attached hydrogens (primary N) is 1. The van der Waals surface area contributed by atoms with Gasteiger partial charge in [-0.3, -0.25) is 9.59 Å². The Morgan fingerprint density at radius 2 is 1.88 bits per heavy atom. The van der Waals surface area contributed by atoms with Gasteiger partial charge < -0.3 is 25.4 Å². The summed E-state index contributed by atoms with van der Waals surface area (Å²) >= 11 is 0. The second kappa shape index (κ2) is 10.2. The molecule has 3 aliphatic rings. The maximum atomic E-state index is 15.1. The van der Waals surface area contributed by atoms with E-state index in [4.69, 9.17) is 5.73 Å². The molecule has 1 fully saturated rings. The first-order valence-electron chi connectivity index (χ1n) is 13.4. The van der Waals surface area contributed by atoms with Gasteiger partial charge in [-0.05, 0) is 36.5 Å². The molecular formula is C28H25F5N6O4. The van der Waals surface area contributed by atoms with Gasteiger partial charge in [-0.1, -0.05) is 12.6 Å². The van der Waals surface area contributed by atoms with Crippen LogP contribution in [0, 0.1) is 11.6 Å². The highest BCUT2D eigenvalue weighted by molar-refractivity contribution is 5.99. The highest BCUT2D eigenvalue weighted by Crippen LogP contribution is 2.45. The number of phenolic OH excluding ortho intramolecular Hbond substituents is 1. The second-order valence-electron chi connectivity index (χ2n) is 10.6. The van der Waals surface area contributed by atoms with Crippen LogP contribution in [0.15, 0.2) is 31.0 Å². The molecule has 2 amide bonds. The fourth-order valence-electron chi connectivity index (χ4n) is 5.81. The van der Waals surface area contributed by atoms with Crippen molar-refractivity contribution in [2.24, 2.45) is 0 Å². The van der Waals surface area contributed by atoms with Crippen LogP contribution in [0.1, 0.15) is 57.7 Å². The van der Waals surface area contributed by atoms with Gasteiger partial charge in [0.15, 0.2) is 11.6 Å². The van der Waals surface area contributed by atoms with E-state index in [9.17, 15) is 32.3 Å². The van der Waals surface area contributed by atoms with Gasteiger partial charge >= 0.3 is 6.36 Å². The van der Waals surface area contributed by atoms with Crippen LogP contribution in [0.2, 0.25) is 0 Å². The number of nitrogen functional groups attached to an aromatic ring is 1. The first-order chi connectivity index (χ1) is 20.4. The van der Waals surface area contributed by atoms with Crippen molar-refractivity contribution in [1.82, 2.24) is 24.6 Å². The molecule has 0 spiro atoms. The molecular weight excluding hydrogens is 579 g/mol. The summed E-state index contributed by atoms with van der Waals surface area (Å²) in [5, 5.41) is 15.5. The number of aromatic hydroxyl groups is 1. The lowest BCUT2D eigenvalue weighted by Gasteiger charge is -2.38. The zero-order chi connectivity index (χ0) is 30.8. The van der Waals surface area contributed by atoms with E-state index >= 15 is 4.39 Å². The number of halogens is 5. The molecule has 2 aromatic heterocycles. The predicted octanol–water partition coefficient (Wildman–Crippen LogP) is 3.92. The van der Waals surface area contributed by atoms with Crippen LogP contribution in [0.25, 0.3) is 5.69 Å². The van der Waals surface area contributed by atoms with Gasteiger partial charge in [0, 0.05) is 44.2 Å². The van der Waals surface area contributed by atoms with E-state index in [0.717, 1.165) is 18.9 Å². The number of phenols is 1. The predicted molar refractivity (Wildman–Crippen MR) is 140 cm³/mol. The monoisotopic (exact) mass is 604 g/mol. The SMILES string of the molecule is C=CC(=O)N1CCc2nn(-c3ccc(C4CC4)c(F)c3O)c3c2[C@H](C1)N(C(=O)c1cnc(OC(F)(F)F)c(F)c1N)CC3. The molecule has 3 aromatic rings. The number of amides is 2. The number of anilines is 1. The van der Waals surface area contributed by atoms with E-state index in [-0.39, 0.29) is 44.1 Å². The second-order valence-corrected chi connectivity index (χ2v) is 10.6. The Balaban J connectivity index is 1.41. The van der Waals surface area contributed by atoms with Crippen LogP contribution >= 0.6 is 0 Å². The minimum absolute atomic E-state index is 0.0109. The molecule has 0 unspecified atom stereocenters. The quantitative estimate of drug-likeness (QED) is 0.334. The molecule has 3 N–H and O–H groups in total. The fraction of sp³-hybridized carbons (Fsp3) is 0.357. The maximum absolute atomic E-state index is 15.1. The lowest BCUT2D eigenvalue weighted by Crippen LogP contribution is -2.46. The smallest absolute Gasteiger partial charge is 0.503 e. The van der Waals surface area contributed by atoms with Crippen molar-refractivity contribution in [2.75, 3.05) is 25.4 Å². The third-order valence-electron chi connectivity index (χ3n) is 7.99. The molecule has 6 rings (SSSR count). The number of carbonyl (C=O) groups is 2. The zero-order valence-corrected chi connectivity index (χ0v) is 22.5. The van der Waals surface area contributed by atoms with Crippen LogP contribution in [-0.4, -0.2) is 67.5 Å². The molecule has 10 nitrogen and oxygen atoms in total. The van der Waals surface area contributed by atoms with Gasteiger partial charge in [0.25, 0.3) is 11.8 Å². The van der Waals surface area contributed by atoms with Crippen LogP contribution in [0.3, 0.4) is 0 Å². The normalized spacial score (nSPS) is 18.2. The number of benzene rings is 1. The molecule has 0 bridgehead atoms. The number of aromatic nitrogens is 3. The van der Waals surface area contributed by atoms with E-state index in [0.29, 0.717) is 28.7 Å². The Labute approximate surface area is 241 Å². The number of hydrogen-bond donors (Lipinski definition) is 2. The summed E-state index contributed by atoms with van der Waals surface area (Å²) in [5.41, 5.74) is 6.56. The first kappa shape index (κ1) is 28.4. The number of alkyl halides is 3. The summed E-state index contributed by atoms with van der Waals surface area (Å²) < 4.78 is 72.8. The van der Waals surface area contributed by atoms with E-state index in [1.807, 2.05) is 0 Å². The molecule has 0 radical (unpaired) electrons. The van der Waals surface area contributed by atoms with E-state index in [1.54, 1.807) is 12.1 Å². The molecule has 1 saturated carbocycles. The minimum atomic E-state index is -5.23. The molecule has 1 aromatic carbocycles. The van der Waals surface area contributed by atoms with Gasteiger partial charge in [-0.15, -0.1) is 13.2 Å². The third-order valence-corrected chi connectivity index (χ3v) is 7.99. The van der Waals surface area contributed by atoms with Gasteiger partial charge in [0.1, 0.15) is 5.69 Å². The zero-order valence-electron chi connectivity index (χ0n) is 22.5. The van der Waals surface area contributed by atoms with E-state index < -0.39 is 58.7 Å². The number of rotatable bonds is 5. The lowest BCUT2D eigenvalue weighted by atomic mass is 9.94. The number of pyridine rings is 1.